The number of nitrogens with zero attached hydrogens (tertiary/aromatic N) is 3. The number of hydrogen-bond donors (Lipinski definition) is 1. The lowest BCUT2D eigenvalue weighted by Gasteiger charge is -2.02. The minimum atomic E-state index is -1.17. The fourth-order valence-electron chi connectivity index (χ4n) is 2.29. The molecule has 3 rings (SSSR count). The van der Waals surface area contributed by atoms with Crippen LogP contribution in [0.2, 0.25) is 0 Å². The molecule has 10 heteroatoms. The highest BCUT2D eigenvalue weighted by molar-refractivity contribution is 8.03. The summed E-state index contributed by atoms with van der Waals surface area (Å²) in [6, 6.07) is 7.70. The molecule has 0 saturated carbocycles. The van der Waals surface area contributed by atoms with Gasteiger partial charge in [-0.25, -0.2) is 4.79 Å². The van der Waals surface area contributed by atoms with Crippen molar-refractivity contribution in [2.75, 3.05) is 0 Å². The van der Waals surface area contributed by atoms with Crippen LogP contribution in [0.3, 0.4) is 0 Å². The molecule has 3 aromatic rings. The van der Waals surface area contributed by atoms with Gasteiger partial charge in [-0.2, -0.15) is 0 Å². The van der Waals surface area contributed by atoms with E-state index in [0.717, 1.165) is 11.8 Å². The van der Waals surface area contributed by atoms with Gasteiger partial charge in [-0.15, -0.1) is 10.2 Å². The zero-order valence-electron chi connectivity index (χ0n) is 14.2. The number of thioether (sulfide) groups is 1. The predicted octanol–water partition coefficient (Wildman–Crippen LogP) is 4.07. The number of carbonyl (C=O) groups is 1. The normalized spacial score (nSPS) is 11.6. The van der Waals surface area contributed by atoms with Crippen LogP contribution in [-0.4, -0.2) is 26.2 Å². The fraction of sp³-hybridized carbons (Fsp3) is 0.118. The van der Waals surface area contributed by atoms with Gasteiger partial charge in [-0.3, -0.25) is 10.1 Å². The van der Waals surface area contributed by atoms with Crippen LogP contribution in [0.5, 0.6) is 0 Å². The number of non-ortho nitro benzene ring substituents is 1. The molecule has 0 spiro atoms. The summed E-state index contributed by atoms with van der Waals surface area (Å²) in [6.07, 6.45) is 1.34. The Hall–Kier alpha value is -3.40. The highest BCUT2D eigenvalue weighted by Gasteiger charge is 2.16. The number of aromatic nitrogens is 2. The zero-order valence-corrected chi connectivity index (χ0v) is 15.0. The summed E-state index contributed by atoms with van der Waals surface area (Å²) in [5.41, 5.74) is 1.34. The van der Waals surface area contributed by atoms with Gasteiger partial charge in [0.25, 0.3) is 10.9 Å². The topological polar surface area (TPSA) is 132 Å². The minimum Gasteiger partial charge on any atom is -0.477 e. The highest BCUT2D eigenvalue weighted by atomic mass is 32.2. The minimum absolute atomic E-state index is 0.0117. The van der Waals surface area contributed by atoms with E-state index < -0.39 is 10.9 Å². The van der Waals surface area contributed by atoms with Crippen molar-refractivity contribution in [2.24, 2.45) is 0 Å². The van der Waals surface area contributed by atoms with Gasteiger partial charge in [-0.05, 0) is 42.4 Å². The van der Waals surface area contributed by atoms with Crippen LogP contribution in [0, 0.1) is 24.0 Å². The lowest BCUT2D eigenvalue weighted by atomic mass is 10.1. The number of aryl methyl sites for hydroxylation is 2. The van der Waals surface area contributed by atoms with E-state index >= 15 is 0 Å². The first kappa shape index (κ1) is 18.4. The van der Waals surface area contributed by atoms with E-state index in [4.69, 9.17) is 8.83 Å². The Morgan fingerprint density at radius 2 is 2.00 bits per heavy atom. The summed E-state index contributed by atoms with van der Waals surface area (Å²) in [5.74, 6) is -0.0580. The number of furan rings is 1. The number of carboxylic acids is 1. The van der Waals surface area contributed by atoms with Gasteiger partial charge in [0.2, 0.25) is 5.89 Å². The molecule has 0 bridgehead atoms. The van der Waals surface area contributed by atoms with Gasteiger partial charge in [0, 0.05) is 30.7 Å². The van der Waals surface area contributed by atoms with Crippen molar-refractivity contribution in [3.05, 3.63) is 62.6 Å². The molecule has 0 unspecified atom stereocenters. The molecule has 1 N–H and O–H groups in total. The van der Waals surface area contributed by atoms with Crippen molar-refractivity contribution in [3.8, 4) is 11.3 Å². The molecular formula is C17H13N3O6S. The first-order chi connectivity index (χ1) is 12.8. The van der Waals surface area contributed by atoms with Crippen molar-refractivity contribution in [1.29, 1.82) is 0 Å². The molecule has 0 saturated heterocycles. The highest BCUT2D eigenvalue weighted by Crippen LogP contribution is 2.31. The summed E-state index contributed by atoms with van der Waals surface area (Å²) in [6.45, 7) is 3.34. The fourth-order valence-corrected chi connectivity index (χ4v) is 2.99. The molecule has 0 aliphatic carbocycles. The number of nitro groups is 1. The van der Waals surface area contributed by atoms with Crippen molar-refractivity contribution >= 4 is 29.5 Å². The number of hydrogen-bond acceptors (Lipinski definition) is 8. The Morgan fingerprint density at radius 1 is 1.22 bits per heavy atom. The van der Waals surface area contributed by atoms with Crippen LogP contribution in [0.1, 0.15) is 17.2 Å². The second kappa shape index (κ2) is 7.46. The first-order valence-corrected chi connectivity index (χ1v) is 8.43. The molecule has 9 nitrogen and oxygen atoms in total. The molecule has 0 radical (unpaired) electrons. The lowest BCUT2D eigenvalue weighted by molar-refractivity contribution is -0.384. The number of rotatable bonds is 6. The van der Waals surface area contributed by atoms with Crippen LogP contribution in [0.25, 0.3) is 17.4 Å². The second-order valence-corrected chi connectivity index (χ2v) is 6.45. The molecule has 138 valence electrons. The maximum absolute atomic E-state index is 11.5. The van der Waals surface area contributed by atoms with E-state index in [1.54, 1.807) is 32.0 Å². The van der Waals surface area contributed by atoms with Gasteiger partial charge in [0.15, 0.2) is 0 Å². The monoisotopic (exact) mass is 387 g/mol. The maximum atomic E-state index is 11.5. The largest absolute Gasteiger partial charge is 0.477 e. The molecule has 2 aromatic heterocycles. The molecule has 0 fully saturated rings. The smallest absolute Gasteiger partial charge is 0.342 e. The van der Waals surface area contributed by atoms with E-state index in [1.807, 2.05) is 0 Å². The third-order valence-electron chi connectivity index (χ3n) is 3.50. The molecule has 1 aromatic carbocycles. The van der Waals surface area contributed by atoms with Crippen molar-refractivity contribution in [2.45, 2.75) is 19.1 Å². The quantitative estimate of drug-likeness (QED) is 0.287. The SMILES string of the molecule is Cc1nnc(S/C(=C/c2ccc(-c3ccc([N+](=O)[O-])cc3C)o2)C(=O)O)o1. The molecular weight excluding hydrogens is 374 g/mol. The molecule has 0 aliphatic heterocycles. The third kappa shape index (κ3) is 4.23. The van der Waals surface area contributed by atoms with Gasteiger partial charge in [0.05, 0.1) is 4.92 Å². The summed E-state index contributed by atoms with van der Waals surface area (Å²) in [7, 11) is 0. The van der Waals surface area contributed by atoms with Gasteiger partial charge < -0.3 is 13.9 Å². The second-order valence-electron chi connectivity index (χ2n) is 5.46. The Morgan fingerprint density at radius 3 is 2.59 bits per heavy atom. The van der Waals surface area contributed by atoms with Crippen molar-refractivity contribution in [3.63, 3.8) is 0 Å². The predicted molar refractivity (Wildman–Crippen MR) is 96.0 cm³/mol. The number of nitro benzene ring substituents is 1. The van der Waals surface area contributed by atoms with E-state index in [1.165, 1.54) is 18.2 Å². The van der Waals surface area contributed by atoms with E-state index in [9.17, 15) is 20.0 Å². The number of carboxylic acid groups (broad SMARTS) is 1. The summed E-state index contributed by atoms with van der Waals surface area (Å²) < 4.78 is 10.9. The van der Waals surface area contributed by atoms with Crippen molar-refractivity contribution < 1.29 is 23.7 Å². The Balaban J connectivity index is 1.88. The molecule has 0 aliphatic rings. The molecule has 0 atom stereocenters. The van der Waals surface area contributed by atoms with Gasteiger partial charge >= 0.3 is 5.97 Å². The Kier molecular flexibility index (Phi) is 5.08. The molecule has 27 heavy (non-hydrogen) atoms. The molecule has 2 heterocycles. The summed E-state index contributed by atoms with van der Waals surface area (Å²) in [4.78, 5) is 21.8. The number of benzene rings is 1. The molecule has 0 amide bonds. The van der Waals surface area contributed by atoms with E-state index in [2.05, 4.69) is 10.2 Å². The third-order valence-corrected chi connectivity index (χ3v) is 4.35. The standard InChI is InChI=1S/C17H13N3O6S/c1-9-7-11(20(23)24)3-5-13(9)14-6-4-12(26-14)8-15(16(21)22)27-17-19-18-10(2)25-17/h3-8H,1-2H3,(H,21,22)/b15-8+. The average molecular weight is 387 g/mol. The lowest BCUT2D eigenvalue weighted by Crippen LogP contribution is -1.96. The first-order valence-electron chi connectivity index (χ1n) is 7.61. The van der Waals surface area contributed by atoms with Crippen LogP contribution in [0.4, 0.5) is 5.69 Å². The maximum Gasteiger partial charge on any atom is 0.342 e. The van der Waals surface area contributed by atoms with E-state index in [-0.39, 0.29) is 15.8 Å². The Bertz CT molecular complexity index is 1050. The number of aliphatic carboxylic acids is 1. The Labute approximate surface area is 156 Å². The summed E-state index contributed by atoms with van der Waals surface area (Å²) >= 11 is 0.812. The summed E-state index contributed by atoms with van der Waals surface area (Å²) in [5, 5.41) is 27.7. The van der Waals surface area contributed by atoms with E-state index in [0.29, 0.717) is 28.5 Å². The van der Waals surface area contributed by atoms with Crippen LogP contribution in [0.15, 0.2) is 49.3 Å². The van der Waals surface area contributed by atoms with Crippen LogP contribution >= 0.6 is 11.8 Å². The zero-order chi connectivity index (χ0) is 19.6. The van der Waals surface area contributed by atoms with Gasteiger partial charge in [0.1, 0.15) is 16.4 Å². The van der Waals surface area contributed by atoms with Crippen molar-refractivity contribution in [1.82, 2.24) is 10.2 Å². The van der Waals surface area contributed by atoms with Crippen LogP contribution < -0.4 is 0 Å². The van der Waals surface area contributed by atoms with Crippen LogP contribution in [-0.2, 0) is 4.79 Å². The van der Waals surface area contributed by atoms with Gasteiger partial charge in [-0.1, -0.05) is 0 Å². The average Bonchev–Trinajstić information content (AvgIpc) is 3.23.